The van der Waals surface area contributed by atoms with Crippen LogP contribution < -0.4 is 0 Å². The molecule has 35 heavy (non-hydrogen) atoms. The van der Waals surface area contributed by atoms with Crippen molar-refractivity contribution in [1.82, 2.24) is 14.5 Å². The average Bonchev–Trinajstić information content (AvgIpc) is 3.28. The van der Waals surface area contributed by atoms with Crippen LogP contribution in [0.15, 0.2) is 36.8 Å². The monoisotopic (exact) mass is 517 g/mol. The van der Waals surface area contributed by atoms with Crippen molar-refractivity contribution >= 4 is 31.0 Å². The summed E-state index contributed by atoms with van der Waals surface area (Å²) in [7, 11) is -1.97. The molecule has 0 aliphatic carbocycles. The van der Waals surface area contributed by atoms with Crippen LogP contribution in [0.3, 0.4) is 0 Å². The summed E-state index contributed by atoms with van der Waals surface area (Å²) in [4.78, 5) is 8.62. The number of halogens is 1. The molecule has 2 aromatic heterocycles. The topological polar surface area (TPSA) is 89.6 Å². The summed E-state index contributed by atoms with van der Waals surface area (Å²) in [6, 6.07) is 7.61. The van der Waals surface area contributed by atoms with Gasteiger partial charge in [-0.15, -0.1) is 0 Å². The molecule has 2 N–H and O–H groups in total. The Morgan fingerprint density at radius 3 is 2.60 bits per heavy atom. The van der Waals surface area contributed by atoms with Crippen molar-refractivity contribution in [2.75, 3.05) is 0 Å². The van der Waals surface area contributed by atoms with Gasteiger partial charge in [0, 0.05) is 23.0 Å². The van der Waals surface area contributed by atoms with Gasteiger partial charge in [-0.2, -0.15) is 0 Å². The molecule has 0 saturated carbocycles. The summed E-state index contributed by atoms with van der Waals surface area (Å²) in [5.41, 5.74) is 1.97. The summed E-state index contributed by atoms with van der Waals surface area (Å²) in [5, 5.41) is 24.0. The number of aryl methyl sites for hydroxylation is 1. The molecule has 1 fully saturated rings. The molecule has 3 aromatic rings. The van der Waals surface area contributed by atoms with E-state index >= 15 is 0 Å². The minimum absolute atomic E-state index is 0.0861. The van der Waals surface area contributed by atoms with Gasteiger partial charge in [0.25, 0.3) is 0 Å². The van der Waals surface area contributed by atoms with E-state index in [2.05, 4.69) is 43.8 Å². The van der Waals surface area contributed by atoms with Crippen LogP contribution in [0.25, 0.3) is 11.0 Å². The second-order valence-electron chi connectivity index (χ2n) is 11.3. The highest BCUT2D eigenvalue weighted by molar-refractivity contribution is 6.74. The number of rotatable bonds is 6. The molecule has 1 aliphatic heterocycles. The van der Waals surface area contributed by atoms with Crippen molar-refractivity contribution in [2.24, 2.45) is 0 Å². The zero-order valence-corrected chi connectivity index (χ0v) is 23.3. The molecule has 0 radical (unpaired) electrons. The van der Waals surface area contributed by atoms with Gasteiger partial charge in [0.1, 0.15) is 23.7 Å². The van der Waals surface area contributed by atoms with E-state index in [1.807, 2.05) is 37.4 Å². The van der Waals surface area contributed by atoms with E-state index in [9.17, 15) is 10.2 Å². The van der Waals surface area contributed by atoms with Gasteiger partial charge in [-0.1, -0.05) is 38.4 Å². The number of ether oxygens (including phenoxy) is 1. The van der Waals surface area contributed by atoms with Crippen LogP contribution in [0.4, 0.5) is 0 Å². The number of hydrogen-bond donors (Lipinski definition) is 2. The summed E-state index contributed by atoms with van der Waals surface area (Å²) in [6.07, 6.45) is 1.16. The zero-order chi connectivity index (χ0) is 25.8. The molecule has 9 heteroatoms. The highest BCUT2D eigenvalue weighted by atomic mass is 35.5. The van der Waals surface area contributed by atoms with Gasteiger partial charge >= 0.3 is 0 Å². The first kappa shape index (κ1) is 26.3. The highest BCUT2D eigenvalue weighted by Gasteiger charge is 2.53. The predicted octanol–water partition coefficient (Wildman–Crippen LogP) is 5.17. The third-order valence-electron chi connectivity index (χ3n) is 7.78. The quantitative estimate of drug-likeness (QED) is 0.438. The zero-order valence-electron chi connectivity index (χ0n) is 21.5. The lowest BCUT2D eigenvalue weighted by atomic mass is 9.89. The van der Waals surface area contributed by atoms with Gasteiger partial charge in [-0.3, -0.25) is 0 Å². The van der Waals surface area contributed by atoms with Crippen molar-refractivity contribution in [2.45, 2.75) is 89.8 Å². The Kier molecular flexibility index (Phi) is 6.94. The van der Waals surface area contributed by atoms with Gasteiger partial charge in [0.15, 0.2) is 14.5 Å². The molecule has 3 heterocycles. The lowest BCUT2D eigenvalue weighted by molar-refractivity contribution is -0.0627. The van der Waals surface area contributed by atoms with Crippen LogP contribution in [0, 0.1) is 6.92 Å². The molecule has 4 atom stereocenters. The van der Waals surface area contributed by atoms with Crippen molar-refractivity contribution < 1.29 is 19.4 Å². The molecular formula is C26H36ClN3O4Si. The maximum atomic E-state index is 11.3. The number of benzene rings is 1. The Morgan fingerprint density at radius 2 is 1.91 bits per heavy atom. The van der Waals surface area contributed by atoms with E-state index in [-0.39, 0.29) is 5.04 Å². The van der Waals surface area contributed by atoms with Crippen molar-refractivity contribution in [1.29, 1.82) is 0 Å². The van der Waals surface area contributed by atoms with Gasteiger partial charge in [0.05, 0.1) is 18.4 Å². The molecule has 4 rings (SSSR count). The van der Waals surface area contributed by atoms with Gasteiger partial charge in [0.2, 0.25) is 0 Å². The van der Waals surface area contributed by atoms with Crippen molar-refractivity contribution in [3.63, 3.8) is 0 Å². The molecule has 190 valence electrons. The van der Waals surface area contributed by atoms with Crippen LogP contribution in [-0.2, 0) is 22.2 Å². The first-order chi connectivity index (χ1) is 16.2. The third kappa shape index (κ3) is 4.92. The minimum Gasteiger partial charge on any atom is -0.413 e. The van der Waals surface area contributed by atoms with Crippen LogP contribution in [0.1, 0.15) is 50.7 Å². The number of hydrogen-bond acceptors (Lipinski definition) is 6. The smallest absolute Gasteiger partial charge is 0.192 e. The Balaban J connectivity index is 1.60. The number of aliphatic hydroxyl groups is 2. The normalized spacial score (nSPS) is 25.5. The fraction of sp³-hybridized carbons (Fsp3) is 0.538. The van der Waals surface area contributed by atoms with E-state index in [0.717, 1.165) is 22.2 Å². The first-order valence-electron chi connectivity index (χ1n) is 12.0. The van der Waals surface area contributed by atoms with Gasteiger partial charge < -0.3 is 23.9 Å². The molecule has 1 aromatic carbocycles. The Labute approximate surface area is 213 Å². The summed E-state index contributed by atoms with van der Waals surface area (Å²) in [5.74, 6) is 0. The van der Waals surface area contributed by atoms with Crippen LogP contribution >= 0.6 is 11.6 Å². The Hall–Kier alpha value is -1.81. The number of aliphatic hydroxyl groups excluding tert-OH is 1. The standard InChI is InChI=1S/C26H36ClN3O4Si/c1-16-20-10-11-30(23(20)29-15-28-16)24-22(31)26(5,32)21(34-24)13-17-8-9-19(27)12-18(17)14-33-35(6,7)25(2,3)4/h8-12,15,21-22,24,31-32H,13-14H2,1-7H3/t21-,22+,24-,26-/m1/s1. The molecule has 1 saturated heterocycles. The number of fused-ring (bicyclic) bond motifs is 1. The molecule has 0 bridgehead atoms. The number of nitrogens with zero attached hydrogens (tertiary/aromatic N) is 3. The molecule has 0 amide bonds. The molecule has 0 unspecified atom stereocenters. The first-order valence-corrected chi connectivity index (χ1v) is 15.3. The molecule has 1 aliphatic rings. The largest absolute Gasteiger partial charge is 0.413 e. The van der Waals surface area contributed by atoms with Crippen molar-refractivity contribution in [3.05, 3.63) is 58.6 Å². The fourth-order valence-electron chi connectivity index (χ4n) is 4.24. The highest BCUT2D eigenvalue weighted by Crippen LogP contribution is 2.41. The maximum absolute atomic E-state index is 11.3. The lowest BCUT2D eigenvalue weighted by Gasteiger charge is -2.36. The molecular weight excluding hydrogens is 482 g/mol. The van der Waals surface area contributed by atoms with Crippen LogP contribution in [0.5, 0.6) is 0 Å². The second kappa shape index (κ2) is 9.25. The SMILES string of the molecule is Cc1ncnc2c1ccn2[C@@H]1O[C@H](Cc2ccc(Cl)cc2CO[Si](C)(C)C(C)(C)C)[C@@](C)(O)[C@H]1O. The average molecular weight is 518 g/mol. The summed E-state index contributed by atoms with van der Waals surface area (Å²) < 4.78 is 14.5. The lowest BCUT2D eigenvalue weighted by Crippen LogP contribution is -2.45. The van der Waals surface area contributed by atoms with E-state index in [4.69, 9.17) is 20.8 Å². The van der Waals surface area contributed by atoms with Gasteiger partial charge in [-0.25, -0.2) is 9.97 Å². The van der Waals surface area contributed by atoms with Crippen molar-refractivity contribution in [3.8, 4) is 0 Å². The van der Waals surface area contributed by atoms with Crippen LogP contribution in [0.2, 0.25) is 23.2 Å². The minimum atomic E-state index is -1.97. The maximum Gasteiger partial charge on any atom is 0.192 e. The van der Waals surface area contributed by atoms with E-state index in [0.29, 0.717) is 23.7 Å². The van der Waals surface area contributed by atoms with Crippen LogP contribution in [-0.4, -0.2) is 50.9 Å². The Morgan fingerprint density at radius 1 is 1.20 bits per heavy atom. The second-order valence-corrected chi connectivity index (χ2v) is 16.5. The summed E-state index contributed by atoms with van der Waals surface area (Å²) >= 11 is 6.33. The third-order valence-corrected chi connectivity index (χ3v) is 12.5. The number of aromatic nitrogens is 3. The van der Waals surface area contributed by atoms with E-state index in [1.165, 1.54) is 6.33 Å². The molecule has 7 nitrogen and oxygen atoms in total. The predicted molar refractivity (Wildman–Crippen MR) is 140 cm³/mol. The summed E-state index contributed by atoms with van der Waals surface area (Å²) in [6.45, 7) is 15.0. The molecule has 0 spiro atoms. The fourth-order valence-corrected chi connectivity index (χ4v) is 5.38. The van der Waals surface area contributed by atoms with E-state index in [1.54, 1.807) is 11.5 Å². The van der Waals surface area contributed by atoms with E-state index < -0.39 is 32.4 Å². The van der Waals surface area contributed by atoms with Gasteiger partial charge in [-0.05, 0) is 61.3 Å². The Bertz CT molecular complexity index is 1220.